The molecule has 1 saturated heterocycles. The zero-order valence-corrected chi connectivity index (χ0v) is 19.2. The number of nitrogens with zero attached hydrogens (tertiary/aromatic N) is 3. The summed E-state index contributed by atoms with van der Waals surface area (Å²) >= 11 is 1.24. The molecular weight excluding hydrogens is 440 g/mol. The molecule has 4 rings (SSSR count). The molecule has 2 atom stereocenters. The molecule has 0 radical (unpaired) electrons. The largest absolute Gasteiger partial charge is 0.460 e. The lowest BCUT2D eigenvalue weighted by Crippen LogP contribution is -2.63. The van der Waals surface area contributed by atoms with Gasteiger partial charge in [0.2, 0.25) is 0 Å². The Morgan fingerprint density at radius 3 is 2.42 bits per heavy atom. The van der Waals surface area contributed by atoms with Crippen molar-refractivity contribution in [3.8, 4) is 0 Å². The molecule has 0 saturated carbocycles. The second-order valence-electron chi connectivity index (χ2n) is 7.89. The highest BCUT2D eigenvalue weighted by Gasteiger charge is 2.48. The minimum Gasteiger partial charge on any atom is -0.460 e. The first kappa shape index (κ1) is 22.8. The molecule has 0 aromatic heterocycles. The Morgan fingerprint density at radius 1 is 1.06 bits per heavy atom. The molecule has 2 aliphatic rings. The van der Waals surface area contributed by atoms with E-state index in [-0.39, 0.29) is 24.2 Å². The van der Waals surface area contributed by atoms with Crippen LogP contribution >= 0.6 is 11.8 Å². The minimum absolute atomic E-state index is 0.0690. The number of ether oxygens (including phenoxy) is 1. The molecule has 8 nitrogen and oxygen atoms in total. The van der Waals surface area contributed by atoms with E-state index in [4.69, 9.17) is 4.74 Å². The van der Waals surface area contributed by atoms with Crippen LogP contribution < -0.4 is 5.32 Å². The van der Waals surface area contributed by atoms with Gasteiger partial charge in [-0.3, -0.25) is 14.9 Å². The molecule has 2 aliphatic heterocycles. The molecule has 33 heavy (non-hydrogen) atoms. The zero-order chi connectivity index (χ0) is 23.2. The number of carbonyl (C=O) groups excluding carboxylic acids is 3. The van der Waals surface area contributed by atoms with Gasteiger partial charge >= 0.3 is 12.0 Å². The monoisotopic (exact) mass is 466 g/mol. The van der Waals surface area contributed by atoms with Crippen molar-refractivity contribution in [1.82, 2.24) is 15.1 Å². The van der Waals surface area contributed by atoms with Gasteiger partial charge in [-0.25, -0.2) is 9.79 Å². The number of likely N-dealkylation sites (N-methyl/N-ethyl adjacent to an activating group) is 1. The summed E-state index contributed by atoms with van der Waals surface area (Å²) in [6.07, 6.45) is 1.05. The number of esters is 1. The molecule has 2 unspecified atom stereocenters. The van der Waals surface area contributed by atoms with Gasteiger partial charge in [-0.05, 0) is 24.0 Å². The summed E-state index contributed by atoms with van der Waals surface area (Å²) in [6.45, 7) is 0.787. The maximum atomic E-state index is 12.6. The van der Waals surface area contributed by atoms with Crippen LogP contribution in [0.25, 0.3) is 0 Å². The molecule has 1 fully saturated rings. The third-order valence-electron chi connectivity index (χ3n) is 5.59. The van der Waals surface area contributed by atoms with Crippen LogP contribution in [0.4, 0.5) is 4.79 Å². The van der Waals surface area contributed by atoms with Gasteiger partial charge in [-0.1, -0.05) is 72.4 Å². The molecule has 2 aromatic carbocycles. The fourth-order valence-electron chi connectivity index (χ4n) is 3.86. The summed E-state index contributed by atoms with van der Waals surface area (Å²) in [5.41, 5.74) is 2.13. The van der Waals surface area contributed by atoms with Gasteiger partial charge in [0.15, 0.2) is 17.4 Å². The van der Waals surface area contributed by atoms with E-state index in [1.54, 1.807) is 7.05 Å². The minimum atomic E-state index is -0.606. The lowest BCUT2D eigenvalue weighted by atomic mass is 10.1. The van der Waals surface area contributed by atoms with Gasteiger partial charge < -0.3 is 14.5 Å². The highest BCUT2D eigenvalue weighted by molar-refractivity contribution is 8.14. The molecule has 0 bridgehead atoms. The number of amidine groups is 1. The summed E-state index contributed by atoms with van der Waals surface area (Å²) in [7, 11) is 1.62. The van der Waals surface area contributed by atoms with E-state index in [9.17, 15) is 14.4 Å². The van der Waals surface area contributed by atoms with Gasteiger partial charge in [-0.2, -0.15) is 0 Å². The number of benzene rings is 2. The molecule has 0 aliphatic carbocycles. The van der Waals surface area contributed by atoms with Gasteiger partial charge in [0.1, 0.15) is 6.61 Å². The molecule has 0 spiro atoms. The average molecular weight is 467 g/mol. The quantitative estimate of drug-likeness (QED) is 0.602. The van der Waals surface area contributed by atoms with Crippen LogP contribution in [0.1, 0.15) is 17.5 Å². The second kappa shape index (κ2) is 10.5. The number of nitrogens with one attached hydrogen (secondary N) is 1. The highest BCUT2D eigenvalue weighted by Crippen LogP contribution is 2.29. The first-order chi connectivity index (χ1) is 16.0. The van der Waals surface area contributed by atoms with Crippen molar-refractivity contribution in [3.05, 3.63) is 71.8 Å². The van der Waals surface area contributed by atoms with E-state index in [1.165, 1.54) is 22.2 Å². The van der Waals surface area contributed by atoms with Gasteiger partial charge in [0, 0.05) is 13.6 Å². The normalized spacial score (nSPS) is 19.7. The van der Waals surface area contributed by atoms with Crippen molar-refractivity contribution in [2.45, 2.75) is 31.7 Å². The van der Waals surface area contributed by atoms with Crippen molar-refractivity contribution in [2.24, 2.45) is 4.99 Å². The average Bonchev–Trinajstić information content (AvgIpc) is 3.20. The summed E-state index contributed by atoms with van der Waals surface area (Å²) in [5.74, 6) is -0.659. The number of rotatable bonds is 8. The van der Waals surface area contributed by atoms with Crippen LogP contribution in [-0.2, 0) is 27.4 Å². The summed E-state index contributed by atoms with van der Waals surface area (Å²) in [4.78, 5) is 45.0. The Hall–Kier alpha value is -3.33. The number of amides is 3. The van der Waals surface area contributed by atoms with Crippen LogP contribution in [-0.4, -0.2) is 64.4 Å². The number of urea groups is 1. The van der Waals surface area contributed by atoms with Gasteiger partial charge in [-0.15, -0.1) is 0 Å². The summed E-state index contributed by atoms with van der Waals surface area (Å²) in [5, 5.41) is 2.97. The van der Waals surface area contributed by atoms with Gasteiger partial charge in [0.25, 0.3) is 5.91 Å². The lowest BCUT2D eigenvalue weighted by molar-refractivity contribution is -0.141. The van der Waals surface area contributed by atoms with Crippen molar-refractivity contribution in [1.29, 1.82) is 0 Å². The third kappa shape index (κ3) is 5.54. The standard InChI is InChI=1S/C24H26N4O4S/c1-27-21-20(22(30)26-23(27)31)28(14-8-13-17-9-4-2-5-10-17)24(25-21)33-16-19(29)32-15-18-11-6-3-7-12-18/h2-7,9-12,20-21H,8,13-16H2,1H3,(H,26,30,31). The number of imide groups is 1. The van der Waals surface area contributed by atoms with Crippen molar-refractivity contribution in [3.63, 3.8) is 0 Å². The Labute approximate surface area is 197 Å². The first-order valence-electron chi connectivity index (χ1n) is 10.8. The SMILES string of the molecule is CN1C(=O)NC(=O)C2C1N=C(SCC(=O)OCc1ccccc1)N2CCCc1ccccc1. The number of carbonyl (C=O) groups is 3. The Morgan fingerprint density at radius 2 is 1.73 bits per heavy atom. The maximum Gasteiger partial charge on any atom is 0.325 e. The molecule has 172 valence electrons. The smallest absolute Gasteiger partial charge is 0.325 e. The van der Waals surface area contributed by atoms with E-state index >= 15 is 0 Å². The number of aryl methyl sites for hydroxylation is 1. The third-order valence-corrected chi connectivity index (χ3v) is 6.57. The van der Waals surface area contributed by atoms with Crippen LogP contribution in [0, 0.1) is 0 Å². The van der Waals surface area contributed by atoms with Crippen molar-refractivity contribution < 1.29 is 19.1 Å². The van der Waals surface area contributed by atoms with Crippen LogP contribution in [0.5, 0.6) is 0 Å². The van der Waals surface area contributed by atoms with Gasteiger partial charge in [0.05, 0.1) is 5.75 Å². The highest BCUT2D eigenvalue weighted by atomic mass is 32.2. The lowest BCUT2D eigenvalue weighted by Gasteiger charge is -2.36. The maximum absolute atomic E-state index is 12.6. The summed E-state index contributed by atoms with van der Waals surface area (Å²) in [6, 6.07) is 18.5. The fourth-order valence-corrected chi connectivity index (χ4v) is 4.74. The van der Waals surface area contributed by atoms with E-state index in [0.717, 1.165) is 18.4 Å². The molecular formula is C24H26N4O4S. The molecule has 2 heterocycles. The number of aliphatic imine (C=N–C) groups is 1. The Kier molecular flexibility index (Phi) is 7.29. The van der Waals surface area contributed by atoms with Crippen molar-refractivity contribution in [2.75, 3.05) is 19.3 Å². The molecule has 3 amide bonds. The topological polar surface area (TPSA) is 91.3 Å². The van der Waals surface area contributed by atoms with Crippen molar-refractivity contribution >= 4 is 34.8 Å². The van der Waals surface area contributed by atoms with Crippen LogP contribution in [0.2, 0.25) is 0 Å². The Balaban J connectivity index is 1.39. The van der Waals surface area contributed by atoms with E-state index < -0.39 is 18.2 Å². The molecule has 1 N–H and O–H groups in total. The van der Waals surface area contributed by atoms with Crippen LogP contribution in [0.3, 0.4) is 0 Å². The van der Waals surface area contributed by atoms with E-state index in [1.807, 2.05) is 53.4 Å². The molecule has 9 heteroatoms. The van der Waals surface area contributed by atoms with Crippen LogP contribution in [0.15, 0.2) is 65.7 Å². The van der Waals surface area contributed by atoms with E-state index in [2.05, 4.69) is 22.4 Å². The zero-order valence-electron chi connectivity index (χ0n) is 18.3. The molecule has 2 aromatic rings. The Bertz CT molecular complexity index is 1030. The second-order valence-corrected chi connectivity index (χ2v) is 8.84. The summed E-state index contributed by atoms with van der Waals surface area (Å²) < 4.78 is 5.36. The number of thioether (sulfide) groups is 1. The number of hydrogen-bond acceptors (Lipinski definition) is 7. The fraction of sp³-hybridized carbons (Fsp3) is 0.333. The number of hydrogen-bond donors (Lipinski definition) is 1. The number of fused-ring (bicyclic) bond motifs is 1. The van der Waals surface area contributed by atoms with E-state index in [0.29, 0.717) is 11.7 Å². The first-order valence-corrected chi connectivity index (χ1v) is 11.8. The predicted molar refractivity (Wildman–Crippen MR) is 126 cm³/mol. The predicted octanol–water partition coefficient (Wildman–Crippen LogP) is 2.64.